The van der Waals surface area contributed by atoms with Gasteiger partial charge in [-0.05, 0) is 25.1 Å². The van der Waals surface area contributed by atoms with E-state index in [0.717, 1.165) is 11.4 Å². The van der Waals surface area contributed by atoms with Gasteiger partial charge in [-0.2, -0.15) is 0 Å². The van der Waals surface area contributed by atoms with E-state index in [2.05, 4.69) is 15.3 Å². The van der Waals surface area contributed by atoms with Crippen LogP contribution < -0.4 is 5.32 Å². The molecule has 2 rings (SSSR count). The molecule has 6 heteroatoms. The Bertz CT molecular complexity index is 572. The first-order chi connectivity index (χ1) is 8.66. The van der Waals surface area contributed by atoms with Crippen molar-refractivity contribution in [3.63, 3.8) is 0 Å². The van der Waals surface area contributed by atoms with Gasteiger partial charge in [0.2, 0.25) is 0 Å². The molecule has 0 spiro atoms. The van der Waals surface area contributed by atoms with Crippen LogP contribution in [0.3, 0.4) is 0 Å². The maximum absolute atomic E-state index is 10.8. The minimum absolute atomic E-state index is 0.0369. The fourth-order valence-corrected chi connectivity index (χ4v) is 1.56. The van der Waals surface area contributed by atoms with Crippen molar-refractivity contribution in [1.29, 1.82) is 0 Å². The Morgan fingerprint density at radius 2 is 2.22 bits per heavy atom. The minimum Gasteiger partial charge on any atom is -0.374 e. The fourth-order valence-electron chi connectivity index (χ4n) is 1.56. The molecule has 1 N–H and O–H groups in total. The van der Waals surface area contributed by atoms with Crippen LogP contribution in [0.1, 0.15) is 11.4 Å². The predicted octanol–water partition coefficient (Wildman–Crippen LogP) is 2.31. The Labute approximate surface area is 104 Å². The second-order valence-corrected chi connectivity index (χ2v) is 3.77. The molecule has 0 atom stereocenters. The summed E-state index contributed by atoms with van der Waals surface area (Å²) in [5.41, 5.74) is 2.16. The topological polar surface area (TPSA) is 81.0 Å². The maximum atomic E-state index is 10.8. The first-order valence-corrected chi connectivity index (χ1v) is 5.41. The quantitative estimate of drug-likeness (QED) is 0.659. The monoisotopic (exact) mass is 244 g/mol. The molecular weight excluding hydrogens is 232 g/mol. The summed E-state index contributed by atoms with van der Waals surface area (Å²) in [4.78, 5) is 18.4. The van der Waals surface area contributed by atoms with E-state index in [-0.39, 0.29) is 5.69 Å². The largest absolute Gasteiger partial charge is 0.374 e. The van der Waals surface area contributed by atoms with Crippen molar-refractivity contribution < 1.29 is 4.92 Å². The van der Waals surface area contributed by atoms with Gasteiger partial charge in [-0.1, -0.05) is 6.07 Å². The summed E-state index contributed by atoms with van der Waals surface area (Å²) in [5, 5.41) is 13.8. The summed E-state index contributed by atoms with van der Waals surface area (Å²) in [5.74, 6) is 0. The zero-order valence-corrected chi connectivity index (χ0v) is 9.83. The summed E-state index contributed by atoms with van der Waals surface area (Å²) in [6.07, 6.45) is 2.74. The van der Waals surface area contributed by atoms with Crippen LogP contribution >= 0.6 is 0 Å². The van der Waals surface area contributed by atoms with Crippen molar-refractivity contribution in [3.8, 4) is 0 Å². The Kier molecular flexibility index (Phi) is 3.47. The van der Waals surface area contributed by atoms with Gasteiger partial charge >= 0.3 is 5.69 Å². The molecule has 0 saturated heterocycles. The first kappa shape index (κ1) is 12.0. The SMILES string of the molecule is Cc1cccc(CNc2ccncc2[N+](=O)[O-])n1. The summed E-state index contributed by atoms with van der Waals surface area (Å²) < 4.78 is 0. The molecule has 2 aromatic rings. The number of anilines is 1. The average Bonchev–Trinajstić information content (AvgIpc) is 2.37. The maximum Gasteiger partial charge on any atom is 0.310 e. The number of rotatable bonds is 4. The number of pyridine rings is 2. The molecule has 0 bridgehead atoms. The third-order valence-electron chi connectivity index (χ3n) is 2.40. The number of aromatic nitrogens is 2. The molecule has 0 radical (unpaired) electrons. The molecule has 2 aromatic heterocycles. The molecule has 0 amide bonds. The molecular formula is C12H12N4O2. The van der Waals surface area contributed by atoms with Crippen LogP contribution in [-0.4, -0.2) is 14.9 Å². The lowest BCUT2D eigenvalue weighted by Gasteiger charge is -2.06. The van der Waals surface area contributed by atoms with Crippen LogP contribution in [0.15, 0.2) is 36.7 Å². The highest BCUT2D eigenvalue weighted by Crippen LogP contribution is 2.22. The molecule has 0 aliphatic rings. The molecule has 2 heterocycles. The normalized spacial score (nSPS) is 10.1. The molecule has 0 unspecified atom stereocenters. The molecule has 6 nitrogen and oxygen atoms in total. The van der Waals surface area contributed by atoms with E-state index in [0.29, 0.717) is 12.2 Å². The minimum atomic E-state index is -0.459. The van der Waals surface area contributed by atoms with Crippen LogP contribution in [-0.2, 0) is 6.54 Å². The van der Waals surface area contributed by atoms with Crippen molar-refractivity contribution in [2.24, 2.45) is 0 Å². The van der Waals surface area contributed by atoms with E-state index in [4.69, 9.17) is 0 Å². The average molecular weight is 244 g/mol. The fraction of sp³-hybridized carbons (Fsp3) is 0.167. The third kappa shape index (κ3) is 2.79. The number of hydrogen-bond acceptors (Lipinski definition) is 5. The Hall–Kier alpha value is -2.50. The van der Waals surface area contributed by atoms with Crippen molar-refractivity contribution >= 4 is 11.4 Å². The first-order valence-electron chi connectivity index (χ1n) is 5.41. The van der Waals surface area contributed by atoms with E-state index in [1.807, 2.05) is 25.1 Å². The van der Waals surface area contributed by atoms with Gasteiger partial charge in [-0.3, -0.25) is 20.1 Å². The second kappa shape index (κ2) is 5.22. The number of nitrogens with zero attached hydrogens (tertiary/aromatic N) is 3. The summed E-state index contributed by atoms with van der Waals surface area (Å²) in [6, 6.07) is 7.25. The van der Waals surface area contributed by atoms with Crippen LogP contribution in [0.2, 0.25) is 0 Å². The van der Waals surface area contributed by atoms with Crippen molar-refractivity contribution in [2.75, 3.05) is 5.32 Å². The molecule has 0 fully saturated rings. The number of aryl methyl sites for hydroxylation is 1. The lowest BCUT2D eigenvalue weighted by Crippen LogP contribution is -2.04. The Morgan fingerprint density at radius 3 is 2.94 bits per heavy atom. The van der Waals surface area contributed by atoms with Gasteiger partial charge in [0.25, 0.3) is 0 Å². The molecule has 0 aliphatic heterocycles. The van der Waals surface area contributed by atoms with E-state index >= 15 is 0 Å². The zero-order chi connectivity index (χ0) is 13.0. The Balaban J connectivity index is 2.13. The van der Waals surface area contributed by atoms with Gasteiger partial charge in [0, 0.05) is 11.9 Å². The molecule has 0 aliphatic carbocycles. The van der Waals surface area contributed by atoms with Gasteiger partial charge in [-0.15, -0.1) is 0 Å². The van der Waals surface area contributed by atoms with Gasteiger partial charge in [0.15, 0.2) is 0 Å². The summed E-state index contributed by atoms with van der Waals surface area (Å²) >= 11 is 0. The summed E-state index contributed by atoms with van der Waals surface area (Å²) in [6.45, 7) is 2.34. The van der Waals surface area contributed by atoms with E-state index in [1.165, 1.54) is 12.4 Å². The third-order valence-corrected chi connectivity index (χ3v) is 2.40. The van der Waals surface area contributed by atoms with Crippen LogP contribution in [0, 0.1) is 17.0 Å². The standard InChI is InChI=1S/C12H12N4O2/c1-9-3-2-4-10(15-9)7-14-11-5-6-13-8-12(11)16(17)18/h2-6,8H,7H2,1H3,(H,13,14). The molecule has 92 valence electrons. The summed E-state index contributed by atoms with van der Waals surface area (Å²) in [7, 11) is 0. The van der Waals surface area contributed by atoms with Gasteiger partial charge in [0.05, 0.1) is 17.2 Å². The highest BCUT2D eigenvalue weighted by atomic mass is 16.6. The number of hydrogen-bond donors (Lipinski definition) is 1. The van der Waals surface area contributed by atoms with Crippen molar-refractivity contribution in [2.45, 2.75) is 13.5 Å². The Morgan fingerprint density at radius 1 is 1.39 bits per heavy atom. The van der Waals surface area contributed by atoms with Crippen molar-refractivity contribution in [1.82, 2.24) is 9.97 Å². The van der Waals surface area contributed by atoms with E-state index < -0.39 is 4.92 Å². The predicted molar refractivity (Wildman–Crippen MR) is 67.2 cm³/mol. The smallest absolute Gasteiger partial charge is 0.310 e. The van der Waals surface area contributed by atoms with Gasteiger partial charge in [-0.25, -0.2) is 0 Å². The van der Waals surface area contributed by atoms with Gasteiger partial charge < -0.3 is 5.32 Å². The molecule has 0 aromatic carbocycles. The van der Waals surface area contributed by atoms with Crippen LogP contribution in [0.4, 0.5) is 11.4 Å². The van der Waals surface area contributed by atoms with Crippen LogP contribution in [0.25, 0.3) is 0 Å². The number of nitrogens with one attached hydrogen (secondary N) is 1. The second-order valence-electron chi connectivity index (χ2n) is 3.77. The highest BCUT2D eigenvalue weighted by Gasteiger charge is 2.12. The van der Waals surface area contributed by atoms with Gasteiger partial charge in [0.1, 0.15) is 11.9 Å². The van der Waals surface area contributed by atoms with Crippen LogP contribution in [0.5, 0.6) is 0 Å². The van der Waals surface area contributed by atoms with Crippen molar-refractivity contribution in [3.05, 3.63) is 58.2 Å². The highest BCUT2D eigenvalue weighted by molar-refractivity contribution is 5.59. The van der Waals surface area contributed by atoms with E-state index in [9.17, 15) is 10.1 Å². The zero-order valence-electron chi connectivity index (χ0n) is 9.83. The molecule has 0 saturated carbocycles. The molecule has 18 heavy (non-hydrogen) atoms. The van der Waals surface area contributed by atoms with E-state index in [1.54, 1.807) is 6.07 Å². The number of nitro groups is 1. The lowest BCUT2D eigenvalue weighted by atomic mass is 10.3. The lowest BCUT2D eigenvalue weighted by molar-refractivity contribution is -0.384.